The molecule has 6 atom stereocenters. The van der Waals surface area contributed by atoms with Gasteiger partial charge in [0.05, 0.1) is 17.3 Å². The van der Waals surface area contributed by atoms with Crippen molar-refractivity contribution in [3.8, 4) is 0 Å². The average Bonchev–Trinajstić information content (AvgIpc) is 2.54. The summed E-state index contributed by atoms with van der Waals surface area (Å²) in [7, 11) is 0. The Morgan fingerprint density at radius 2 is 1.96 bits per heavy atom. The van der Waals surface area contributed by atoms with Gasteiger partial charge in [0.15, 0.2) is 6.10 Å². The summed E-state index contributed by atoms with van der Waals surface area (Å²) in [6.45, 7) is 15.7. The van der Waals surface area contributed by atoms with E-state index in [0.29, 0.717) is 12.8 Å². The normalized spacial score (nSPS) is 44.2. The van der Waals surface area contributed by atoms with E-state index in [2.05, 4.69) is 20.4 Å². The molecule has 4 heterocycles. The zero-order valence-electron chi connectivity index (χ0n) is 16.3. The number of carbonyl (C=O) groups excluding carboxylic acids is 1. The van der Waals surface area contributed by atoms with E-state index in [1.54, 1.807) is 13.0 Å². The lowest BCUT2D eigenvalue weighted by Gasteiger charge is -2.64. The monoisotopic (exact) mass is 352 g/mol. The molecule has 0 amide bonds. The Kier molecular flexibility index (Phi) is 4.18. The zero-order valence-corrected chi connectivity index (χ0v) is 16.3. The molecule has 4 bridgehead atoms. The molecular formula is C20H32O5. The van der Waals surface area contributed by atoms with Gasteiger partial charge in [0.25, 0.3) is 0 Å². The van der Waals surface area contributed by atoms with Crippen LogP contribution < -0.4 is 0 Å². The fourth-order valence-electron chi connectivity index (χ4n) is 5.83. The van der Waals surface area contributed by atoms with Crippen molar-refractivity contribution in [1.29, 1.82) is 0 Å². The molecule has 5 nitrogen and oxygen atoms in total. The smallest absolute Gasteiger partial charge is 0.338 e. The van der Waals surface area contributed by atoms with Gasteiger partial charge in [0, 0.05) is 5.92 Å². The van der Waals surface area contributed by atoms with Crippen molar-refractivity contribution in [3.05, 3.63) is 12.7 Å². The topological polar surface area (TPSA) is 65.0 Å². The van der Waals surface area contributed by atoms with Crippen LogP contribution in [0.3, 0.4) is 0 Å². The standard InChI is InChI=1S/C20H32O5/c1-8-10-19(7,22)20-15-12(2)23-16(21)14(25-18(20,5)6)13(24-20)9-11-17(15,3)4/h8,12-15,22H,1,9-11H2,2-7H3/t12-,13-,14-,15-,19+,20+/m1/s1. The lowest BCUT2D eigenvalue weighted by Crippen LogP contribution is -2.79. The maximum Gasteiger partial charge on any atom is 0.338 e. The van der Waals surface area contributed by atoms with Crippen LogP contribution in [0.5, 0.6) is 0 Å². The van der Waals surface area contributed by atoms with Gasteiger partial charge in [0.2, 0.25) is 0 Å². The van der Waals surface area contributed by atoms with Crippen LogP contribution >= 0.6 is 0 Å². The van der Waals surface area contributed by atoms with Crippen molar-refractivity contribution in [3.63, 3.8) is 0 Å². The van der Waals surface area contributed by atoms with Crippen LogP contribution in [0, 0.1) is 11.3 Å². The van der Waals surface area contributed by atoms with Crippen molar-refractivity contribution < 1.29 is 24.1 Å². The highest BCUT2D eigenvalue weighted by Crippen LogP contribution is 2.61. The molecule has 0 aromatic carbocycles. The van der Waals surface area contributed by atoms with E-state index in [4.69, 9.17) is 14.2 Å². The minimum absolute atomic E-state index is 0.195. The third kappa shape index (κ3) is 2.42. The van der Waals surface area contributed by atoms with Crippen LogP contribution in [0.15, 0.2) is 12.7 Å². The Bertz CT molecular complexity index is 579. The van der Waals surface area contributed by atoms with Crippen molar-refractivity contribution in [2.75, 3.05) is 0 Å². The van der Waals surface area contributed by atoms with E-state index < -0.39 is 29.0 Å². The maximum absolute atomic E-state index is 12.6. The summed E-state index contributed by atoms with van der Waals surface area (Å²) < 4.78 is 18.8. The van der Waals surface area contributed by atoms with Crippen molar-refractivity contribution in [2.45, 2.75) is 95.9 Å². The molecule has 4 saturated heterocycles. The highest BCUT2D eigenvalue weighted by molar-refractivity contribution is 5.76. The second-order valence-corrected chi connectivity index (χ2v) is 9.35. The first-order chi connectivity index (χ1) is 11.4. The fraction of sp³-hybridized carbons (Fsp3) is 0.850. The number of fused-ring (bicyclic) bond motifs is 3. The molecule has 0 unspecified atom stereocenters. The lowest BCUT2D eigenvalue weighted by atomic mass is 9.55. The number of aliphatic hydroxyl groups is 1. The number of rotatable bonds is 3. The zero-order chi connectivity index (χ0) is 18.8. The summed E-state index contributed by atoms with van der Waals surface area (Å²) in [6, 6.07) is 0. The Morgan fingerprint density at radius 3 is 2.56 bits per heavy atom. The first-order valence-electron chi connectivity index (χ1n) is 9.29. The Hall–Kier alpha value is -0.910. The highest BCUT2D eigenvalue weighted by atomic mass is 16.7. The van der Waals surface area contributed by atoms with E-state index in [1.807, 2.05) is 20.8 Å². The quantitative estimate of drug-likeness (QED) is 0.625. The van der Waals surface area contributed by atoms with Gasteiger partial charge < -0.3 is 19.3 Å². The molecule has 0 aromatic rings. The van der Waals surface area contributed by atoms with Crippen LogP contribution in [0.2, 0.25) is 0 Å². The van der Waals surface area contributed by atoms with Gasteiger partial charge in [-0.1, -0.05) is 19.9 Å². The van der Waals surface area contributed by atoms with Gasteiger partial charge in [-0.3, -0.25) is 0 Å². The number of ether oxygens (including phenoxy) is 3. The SMILES string of the molecule is C=CC[C@](C)(O)[C@]12O[C@@H]3CCC(C)(C)[C@H]1[C@@H](C)OC(=O)[C@@H]3OC2(C)C. The van der Waals surface area contributed by atoms with Gasteiger partial charge in [-0.15, -0.1) is 6.58 Å². The largest absolute Gasteiger partial charge is 0.460 e. The molecule has 25 heavy (non-hydrogen) atoms. The lowest BCUT2D eigenvalue weighted by molar-refractivity contribution is -0.381. The van der Waals surface area contributed by atoms with Crippen molar-refractivity contribution in [2.24, 2.45) is 11.3 Å². The molecule has 4 aliphatic heterocycles. The second kappa shape index (κ2) is 5.54. The summed E-state index contributed by atoms with van der Waals surface area (Å²) in [4.78, 5) is 12.6. The minimum Gasteiger partial charge on any atom is -0.460 e. The van der Waals surface area contributed by atoms with Crippen LogP contribution in [0.4, 0.5) is 0 Å². The molecule has 0 aliphatic carbocycles. The summed E-state index contributed by atoms with van der Waals surface area (Å²) in [5.41, 5.74) is -3.29. The van der Waals surface area contributed by atoms with Gasteiger partial charge in [0.1, 0.15) is 11.7 Å². The summed E-state index contributed by atoms with van der Waals surface area (Å²) in [6.07, 6.45) is 2.12. The summed E-state index contributed by atoms with van der Waals surface area (Å²) in [5, 5.41) is 11.6. The third-order valence-corrected chi connectivity index (χ3v) is 6.69. The molecule has 0 saturated carbocycles. The Labute approximate surface area is 150 Å². The molecule has 4 rings (SSSR count). The number of hydrogen-bond donors (Lipinski definition) is 1. The van der Waals surface area contributed by atoms with Crippen molar-refractivity contribution in [1.82, 2.24) is 0 Å². The van der Waals surface area contributed by atoms with Crippen LogP contribution in [-0.4, -0.2) is 46.2 Å². The van der Waals surface area contributed by atoms with E-state index in [9.17, 15) is 9.90 Å². The van der Waals surface area contributed by atoms with Gasteiger partial charge >= 0.3 is 5.97 Å². The van der Waals surface area contributed by atoms with Crippen LogP contribution in [0.1, 0.15) is 60.8 Å². The predicted octanol–water partition coefficient (Wildman–Crippen LogP) is 3.00. The highest BCUT2D eigenvalue weighted by Gasteiger charge is 2.73. The number of carbonyl (C=O) groups is 1. The van der Waals surface area contributed by atoms with Crippen LogP contribution in [0.25, 0.3) is 0 Å². The van der Waals surface area contributed by atoms with E-state index in [1.165, 1.54) is 0 Å². The Morgan fingerprint density at radius 1 is 1.32 bits per heavy atom. The maximum atomic E-state index is 12.6. The average molecular weight is 352 g/mol. The van der Waals surface area contributed by atoms with E-state index in [-0.39, 0.29) is 23.4 Å². The fourth-order valence-corrected chi connectivity index (χ4v) is 5.83. The molecule has 0 radical (unpaired) electrons. The molecule has 0 spiro atoms. The second-order valence-electron chi connectivity index (χ2n) is 9.35. The summed E-state index contributed by atoms with van der Waals surface area (Å²) >= 11 is 0. The van der Waals surface area contributed by atoms with E-state index >= 15 is 0 Å². The first-order valence-corrected chi connectivity index (χ1v) is 9.29. The molecular weight excluding hydrogens is 320 g/mol. The van der Waals surface area contributed by atoms with Crippen molar-refractivity contribution >= 4 is 5.97 Å². The van der Waals surface area contributed by atoms with Crippen LogP contribution in [-0.2, 0) is 19.0 Å². The predicted molar refractivity (Wildman–Crippen MR) is 94.1 cm³/mol. The summed E-state index contributed by atoms with van der Waals surface area (Å²) in [5.74, 6) is -0.579. The number of esters is 1. The molecule has 1 N–H and O–H groups in total. The van der Waals surface area contributed by atoms with Gasteiger partial charge in [-0.25, -0.2) is 4.79 Å². The molecule has 0 aromatic heterocycles. The number of hydrogen-bond acceptors (Lipinski definition) is 5. The van der Waals surface area contributed by atoms with Gasteiger partial charge in [-0.05, 0) is 52.4 Å². The minimum atomic E-state index is -1.22. The third-order valence-electron chi connectivity index (χ3n) is 6.69. The molecule has 142 valence electrons. The first kappa shape index (κ1) is 18.9. The molecule has 4 aliphatic rings. The molecule has 4 fully saturated rings. The Balaban J connectivity index is 2.31. The van der Waals surface area contributed by atoms with Gasteiger partial charge in [-0.2, -0.15) is 0 Å². The molecule has 5 heteroatoms. The van der Waals surface area contributed by atoms with E-state index in [0.717, 1.165) is 6.42 Å².